The van der Waals surface area contributed by atoms with E-state index in [1.165, 1.54) is 17.2 Å². The Bertz CT molecular complexity index is 590. The van der Waals surface area contributed by atoms with E-state index in [1.807, 2.05) is 13.0 Å². The molecule has 2 aromatic carbocycles. The molecule has 2 rings (SSSR count). The fraction of sp³-hybridized carbons (Fsp3) is 0.333. The Balaban J connectivity index is 2.42. The summed E-state index contributed by atoms with van der Waals surface area (Å²) in [5, 5.41) is 3.42. The molecule has 0 bridgehead atoms. The van der Waals surface area contributed by atoms with E-state index >= 15 is 0 Å². The molecule has 0 heterocycles. The Hall–Kier alpha value is -1.67. The largest absolute Gasteiger partial charge is 0.313 e. The van der Waals surface area contributed by atoms with Crippen LogP contribution in [0.2, 0.25) is 0 Å². The van der Waals surface area contributed by atoms with Gasteiger partial charge in [0.2, 0.25) is 0 Å². The molecule has 20 heavy (non-hydrogen) atoms. The summed E-state index contributed by atoms with van der Waals surface area (Å²) in [5.41, 5.74) is 5.64. The van der Waals surface area contributed by atoms with Crippen LogP contribution < -0.4 is 5.32 Å². The van der Waals surface area contributed by atoms with Gasteiger partial charge in [-0.1, -0.05) is 36.8 Å². The zero-order valence-corrected chi connectivity index (χ0v) is 12.5. The summed E-state index contributed by atoms with van der Waals surface area (Å²) in [7, 11) is 0. The second-order valence-corrected chi connectivity index (χ2v) is 5.30. The van der Waals surface area contributed by atoms with E-state index < -0.39 is 0 Å². The predicted octanol–water partition coefficient (Wildman–Crippen LogP) is 4.61. The fourth-order valence-corrected chi connectivity index (χ4v) is 2.38. The van der Waals surface area contributed by atoms with Gasteiger partial charge in [0.1, 0.15) is 5.82 Å². The first kappa shape index (κ1) is 14.7. The molecular formula is C18H22FN. The van der Waals surface area contributed by atoms with Crippen molar-refractivity contribution in [3.63, 3.8) is 0 Å². The zero-order chi connectivity index (χ0) is 14.5. The van der Waals surface area contributed by atoms with Gasteiger partial charge in [-0.15, -0.1) is 0 Å². The van der Waals surface area contributed by atoms with Gasteiger partial charge in [-0.2, -0.15) is 0 Å². The first-order valence-corrected chi connectivity index (χ1v) is 7.18. The lowest BCUT2D eigenvalue weighted by atomic mass is 9.94. The Kier molecular flexibility index (Phi) is 4.91. The van der Waals surface area contributed by atoms with Gasteiger partial charge in [-0.25, -0.2) is 4.39 Å². The standard InChI is InChI=1S/C18H22FN/c1-4-9-20-12-15-7-5-13(2)10-18(15)17-11-16(19)8-6-14(17)3/h5-8,10-11,20H,4,9,12H2,1-3H3. The number of hydrogen-bond acceptors (Lipinski definition) is 1. The number of rotatable bonds is 5. The highest BCUT2D eigenvalue weighted by atomic mass is 19.1. The molecule has 2 heteroatoms. The molecule has 0 aliphatic carbocycles. The van der Waals surface area contributed by atoms with Gasteiger partial charge in [0.15, 0.2) is 0 Å². The van der Waals surface area contributed by atoms with Crippen molar-refractivity contribution in [1.29, 1.82) is 0 Å². The first-order chi connectivity index (χ1) is 9.61. The van der Waals surface area contributed by atoms with E-state index in [0.717, 1.165) is 36.2 Å². The second-order valence-electron chi connectivity index (χ2n) is 5.30. The van der Waals surface area contributed by atoms with Gasteiger partial charge in [0, 0.05) is 6.54 Å². The third-order valence-electron chi connectivity index (χ3n) is 3.50. The second kappa shape index (κ2) is 6.67. The van der Waals surface area contributed by atoms with Crippen LogP contribution in [0, 0.1) is 19.7 Å². The molecule has 0 atom stereocenters. The first-order valence-electron chi connectivity index (χ1n) is 7.18. The van der Waals surface area contributed by atoms with Crippen LogP contribution in [0.15, 0.2) is 36.4 Å². The average molecular weight is 271 g/mol. The fourth-order valence-electron chi connectivity index (χ4n) is 2.38. The van der Waals surface area contributed by atoms with Crippen molar-refractivity contribution < 1.29 is 4.39 Å². The van der Waals surface area contributed by atoms with Crippen molar-refractivity contribution in [2.45, 2.75) is 33.7 Å². The van der Waals surface area contributed by atoms with Crippen LogP contribution in [0.5, 0.6) is 0 Å². The molecule has 0 aliphatic rings. The molecule has 0 radical (unpaired) electrons. The molecule has 0 aliphatic heterocycles. The summed E-state index contributed by atoms with van der Waals surface area (Å²) < 4.78 is 13.6. The van der Waals surface area contributed by atoms with Crippen molar-refractivity contribution in [3.05, 3.63) is 58.9 Å². The maximum absolute atomic E-state index is 13.6. The SMILES string of the molecule is CCCNCc1ccc(C)cc1-c1cc(F)ccc1C. The lowest BCUT2D eigenvalue weighted by molar-refractivity contribution is 0.628. The van der Waals surface area contributed by atoms with Crippen LogP contribution in [0.3, 0.4) is 0 Å². The van der Waals surface area contributed by atoms with Crippen LogP contribution in [0.1, 0.15) is 30.0 Å². The van der Waals surface area contributed by atoms with Gasteiger partial charge in [0.25, 0.3) is 0 Å². The van der Waals surface area contributed by atoms with E-state index in [9.17, 15) is 4.39 Å². The van der Waals surface area contributed by atoms with Gasteiger partial charge in [0.05, 0.1) is 0 Å². The molecule has 0 unspecified atom stereocenters. The summed E-state index contributed by atoms with van der Waals surface area (Å²) in [6.07, 6.45) is 1.11. The maximum Gasteiger partial charge on any atom is 0.123 e. The summed E-state index contributed by atoms with van der Waals surface area (Å²) in [4.78, 5) is 0. The topological polar surface area (TPSA) is 12.0 Å². The van der Waals surface area contributed by atoms with Crippen LogP contribution >= 0.6 is 0 Å². The smallest absolute Gasteiger partial charge is 0.123 e. The van der Waals surface area contributed by atoms with E-state index in [-0.39, 0.29) is 5.82 Å². The van der Waals surface area contributed by atoms with Crippen LogP contribution in [0.25, 0.3) is 11.1 Å². The van der Waals surface area contributed by atoms with E-state index in [2.05, 4.69) is 37.4 Å². The molecule has 0 spiro atoms. The maximum atomic E-state index is 13.6. The van der Waals surface area contributed by atoms with E-state index in [0.29, 0.717) is 0 Å². The minimum Gasteiger partial charge on any atom is -0.313 e. The number of nitrogens with one attached hydrogen (secondary N) is 1. The van der Waals surface area contributed by atoms with Crippen molar-refractivity contribution >= 4 is 0 Å². The number of halogens is 1. The van der Waals surface area contributed by atoms with Crippen molar-refractivity contribution in [2.75, 3.05) is 6.54 Å². The van der Waals surface area contributed by atoms with Crippen LogP contribution in [0.4, 0.5) is 4.39 Å². The molecule has 1 N–H and O–H groups in total. The van der Waals surface area contributed by atoms with Crippen LogP contribution in [-0.4, -0.2) is 6.54 Å². The average Bonchev–Trinajstić information content (AvgIpc) is 2.43. The zero-order valence-electron chi connectivity index (χ0n) is 12.5. The van der Waals surface area contributed by atoms with Crippen molar-refractivity contribution in [2.24, 2.45) is 0 Å². The lowest BCUT2D eigenvalue weighted by Gasteiger charge is -2.14. The van der Waals surface area contributed by atoms with E-state index in [1.54, 1.807) is 6.07 Å². The van der Waals surface area contributed by atoms with Gasteiger partial charge in [-0.05, 0) is 61.2 Å². The summed E-state index contributed by atoms with van der Waals surface area (Å²) in [5.74, 6) is -0.181. The number of hydrogen-bond donors (Lipinski definition) is 1. The molecule has 0 fully saturated rings. The quantitative estimate of drug-likeness (QED) is 0.783. The Morgan fingerprint density at radius 3 is 2.55 bits per heavy atom. The summed E-state index contributed by atoms with van der Waals surface area (Å²) in [6.45, 7) is 8.07. The minimum atomic E-state index is -0.181. The highest BCUT2D eigenvalue weighted by molar-refractivity contribution is 5.71. The molecule has 1 nitrogen and oxygen atoms in total. The van der Waals surface area contributed by atoms with E-state index in [4.69, 9.17) is 0 Å². The molecule has 0 amide bonds. The normalized spacial score (nSPS) is 10.8. The Morgan fingerprint density at radius 2 is 1.80 bits per heavy atom. The summed E-state index contributed by atoms with van der Waals surface area (Å²) >= 11 is 0. The molecule has 0 saturated carbocycles. The molecular weight excluding hydrogens is 249 g/mol. The minimum absolute atomic E-state index is 0.181. The number of aryl methyl sites for hydroxylation is 2. The van der Waals surface area contributed by atoms with Crippen molar-refractivity contribution in [1.82, 2.24) is 5.32 Å². The molecule has 106 valence electrons. The Labute approximate surface area is 120 Å². The monoisotopic (exact) mass is 271 g/mol. The van der Waals surface area contributed by atoms with Gasteiger partial charge in [-0.3, -0.25) is 0 Å². The lowest BCUT2D eigenvalue weighted by Crippen LogP contribution is -2.14. The summed E-state index contributed by atoms with van der Waals surface area (Å²) in [6, 6.07) is 11.4. The molecule has 0 aromatic heterocycles. The predicted molar refractivity (Wildman–Crippen MR) is 83.3 cm³/mol. The highest BCUT2D eigenvalue weighted by Crippen LogP contribution is 2.28. The third-order valence-corrected chi connectivity index (χ3v) is 3.50. The van der Waals surface area contributed by atoms with Crippen molar-refractivity contribution in [3.8, 4) is 11.1 Å². The third kappa shape index (κ3) is 3.45. The van der Waals surface area contributed by atoms with Gasteiger partial charge >= 0.3 is 0 Å². The molecule has 2 aromatic rings. The molecule has 0 saturated heterocycles. The highest BCUT2D eigenvalue weighted by Gasteiger charge is 2.09. The number of benzene rings is 2. The van der Waals surface area contributed by atoms with Crippen LogP contribution in [-0.2, 0) is 6.54 Å². The van der Waals surface area contributed by atoms with Gasteiger partial charge < -0.3 is 5.32 Å². The Morgan fingerprint density at radius 1 is 1.00 bits per heavy atom.